The van der Waals surface area contributed by atoms with Crippen molar-refractivity contribution < 1.29 is 14.7 Å². The largest absolute Gasteiger partial charge is 0.480 e. The van der Waals surface area contributed by atoms with Crippen LogP contribution >= 0.6 is 11.8 Å². The summed E-state index contributed by atoms with van der Waals surface area (Å²) in [5.41, 5.74) is 2.65. The molecule has 0 aliphatic heterocycles. The van der Waals surface area contributed by atoms with E-state index in [9.17, 15) is 9.59 Å². The number of carboxylic acid groups (broad SMARTS) is 1. The Balaban J connectivity index is 2.65. The second-order valence-electron chi connectivity index (χ2n) is 4.59. The van der Waals surface area contributed by atoms with Gasteiger partial charge in [0, 0.05) is 5.69 Å². The SMILES string of the molecule is CSCC[C@@H](NC(=O)Nc1cc(C)ccc1C)C(=O)O. The van der Waals surface area contributed by atoms with Crippen molar-refractivity contribution >= 4 is 29.4 Å². The van der Waals surface area contributed by atoms with Gasteiger partial charge in [0.25, 0.3) is 0 Å². The maximum atomic E-state index is 11.9. The molecule has 5 nitrogen and oxygen atoms in total. The molecular formula is C14H20N2O3S. The zero-order valence-electron chi connectivity index (χ0n) is 11.9. The summed E-state index contributed by atoms with van der Waals surface area (Å²) in [7, 11) is 0. The first-order valence-electron chi connectivity index (χ1n) is 6.30. The fourth-order valence-corrected chi connectivity index (χ4v) is 2.15. The van der Waals surface area contributed by atoms with Crippen LogP contribution in [0.15, 0.2) is 18.2 Å². The van der Waals surface area contributed by atoms with Crippen molar-refractivity contribution in [3.63, 3.8) is 0 Å². The Labute approximate surface area is 123 Å². The lowest BCUT2D eigenvalue weighted by atomic mass is 10.1. The predicted octanol–water partition coefficient (Wildman–Crippen LogP) is 2.63. The van der Waals surface area contributed by atoms with Gasteiger partial charge in [-0.2, -0.15) is 11.8 Å². The molecule has 110 valence electrons. The van der Waals surface area contributed by atoms with Crippen LogP contribution in [-0.4, -0.2) is 35.2 Å². The number of carbonyl (C=O) groups excluding carboxylic acids is 1. The summed E-state index contributed by atoms with van der Waals surface area (Å²) >= 11 is 1.55. The number of rotatable bonds is 6. The fraction of sp³-hybridized carbons (Fsp3) is 0.429. The molecule has 0 saturated heterocycles. The highest BCUT2D eigenvalue weighted by atomic mass is 32.2. The number of carboxylic acids is 1. The van der Waals surface area contributed by atoms with Crippen molar-refractivity contribution in [2.24, 2.45) is 0 Å². The fourth-order valence-electron chi connectivity index (χ4n) is 1.68. The van der Waals surface area contributed by atoms with E-state index in [1.165, 1.54) is 0 Å². The van der Waals surface area contributed by atoms with E-state index in [0.29, 0.717) is 17.9 Å². The lowest BCUT2D eigenvalue weighted by Gasteiger charge is -2.15. The van der Waals surface area contributed by atoms with Gasteiger partial charge in [-0.25, -0.2) is 9.59 Å². The molecule has 1 rings (SSSR count). The van der Waals surface area contributed by atoms with Crippen molar-refractivity contribution in [3.05, 3.63) is 29.3 Å². The molecule has 1 aromatic carbocycles. The van der Waals surface area contributed by atoms with Gasteiger partial charge < -0.3 is 15.7 Å². The molecule has 0 unspecified atom stereocenters. The third-order valence-corrected chi connectivity index (χ3v) is 3.50. The molecule has 0 aliphatic rings. The van der Waals surface area contributed by atoms with Gasteiger partial charge in [0.15, 0.2) is 0 Å². The Kier molecular flexibility index (Phi) is 6.38. The van der Waals surface area contributed by atoms with E-state index in [1.807, 2.05) is 38.3 Å². The number of hydrogen-bond donors (Lipinski definition) is 3. The summed E-state index contributed by atoms with van der Waals surface area (Å²) in [6, 6.07) is 4.36. The molecule has 3 N–H and O–H groups in total. The minimum atomic E-state index is -1.02. The average Bonchev–Trinajstić information content (AvgIpc) is 2.38. The molecule has 0 aliphatic carbocycles. The molecule has 0 bridgehead atoms. The van der Waals surface area contributed by atoms with Crippen LogP contribution in [0.25, 0.3) is 0 Å². The monoisotopic (exact) mass is 296 g/mol. The maximum Gasteiger partial charge on any atom is 0.326 e. The molecule has 1 atom stereocenters. The quantitative estimate of drug-likeness (QED) is 0.754. The number of amides is 2. The Morgan fingerprint density at radius 2 is 2.05 bits per heavy atom. The van der Waals surface area contributed by atoms with Gasteiger partial charge in [-0.1, -0.05) is 12.1 Å². The van der Waals surface area contributed by atoms with Crippen molar-refractivity contribution in [2.75, 3.05) is 17.3 Å². The Morgan fingerprint density at radius 1 is 1.35 bits per heavy atom. The van der Waals surface area contributed by atoms with Crippen LogP contribution in [-0.2, 0) is 4.79 Å². The molecule has 0 fully saturated rings. The molecule has 0 heterocycles. The van der Waals surface area contributed by atoms with Crippen LogP contribution in [0, 0.1) is 13.8 Å². The van der Waals surface area contributed by atoms with Gasteiger partial charge in [-0.05, 0) is 49.5 Å². The minimum absolute atomic E-state index is 0.400. The first-order chi connectivity index (χ1) is 9.43. The van der Waals surface area contributed by atoms with Crippen molar-refractivity contribution in [3.8, 4) is 0 Å². The van der Waals surface area contributed by atoms with E-state index in [0.717, 1.165) is 11.1 Å². The van der Waals surface area contributed by atoms with Crippen LogP contribution in [0.1, 0.15) is 17.5 Å². The van der Waals surface area contributed by atoms with E-state index in [4.69, 9.17) is 5.11 Å². The maximum absolute atomic E-state index is 11.9. The smallest absolute Gasteiger partial charge is 0.326 e. The highest BCUT2D eigenvalue weighted by Crippen LogP contribution is 2.16. The number of anilines is 1. The number of hydrogen-bond acceptors (Lipinski definition) is 3. The highest BCUT2D eigenvalue weighted by Gasteiger charge is 2.19. The van der Waals surface area contributed by atoms with Crippen LogP contribution in [0.4, 0.5) is 10.5 Å². The number of aliphatic carboxylic acids is 1. The van der Waals surface area contributed by atoms with Crippen LogP contribution < -0.4 is 10.6 Å². The van der Waals surface area contributed by atoms with Crippen LogP contribution in [0.3, 0.4) is 0 Å². The van der Waals surface area contributed by atoms with Crippen molar-refractivity contribution in [2.45, 2.75) is 26.3 Å². The third-order valence-electron chi connectivity index (χ3n) is 2.86. The molecule has 0 aromatic heterocycles. The van der Waals surface area contributed by atoms with Gasteiger partial charge >= 0.3 is 12.0 Å². The van der Waals surface area contributed by atoms with E-state index >= 15 is 0 Å². The normalized spacial score (nSPS) is 11.8. The second-order valence-corrected chi connectivity index (χ2v) is 5.57. The standard InChI is InChI=1S/C14H20N2O3S/c1-9-4-5-10(2)12(8-9)16-14(19)15-11(13(17)18)6-7-20-3/h4-5,8,11H,6-7H2,1-3H3,(H,17,18)(H2,15,16,19)/t11-/m1/s1. The molecule has 0 saturated carbocycles. The molecule has 20 heavy (non-hydrogen) atoms. The second kappa shape index (κ2) is 7.79. The lowest BCUT2D eigenvalue weighted by molar-refractivity contribution is -0.139. The van der Waals surface area contributed by atoms with Gasteiger partial charge in [0.1, 0.15) is 6.04 Å². The number of urea groups is 1. The predicted molar refractivity (Wildman–Crippen MR) is 82.5 cm³/mol. The Morgan fingerprint density at radius 3 is 2.65 bits per heavy atom. The lowest BCUT2D eigenvalue weighted by Crippen LogP contribution is -2.43. The van der Waals surface area contributed by atoms with Gasteiger partial charge in [-0.15, -0.1) is 0 Å². The molecule has 6 heteroatoms. The Hall–Kier alpha value is -1.69. The van der Waals surface area contributed by atoms with Gasteiger partial charge in [0.2, 0.25) is 0 Å². The van der Waals surface area contributed by atoms with Gasteiger partial charge in [0.05, 0.1) is 0 Å². The summed E-state index contributed by atoms with van der Waals surface area (Å²) in [5, 5.41) is 14.2. The van der Waals surface area contributed by atoms with E-state index in [-0.39, 0.29) is 0 Å². The van der Waals surface area contributed by atoms with E-state index in [2.05, 4.69) is 10.6 Å². The summed E-state index contributed by atoms with van der Waals surface area (Å²) in [6.45, 7) is 3.82. The Bertz CT molecular complexity index is 491. The summed E-state index contributed by atoms with van der Waals surface area (Å²) in [5.74, 6) is -0.337. The average molecular weight is 296 g/mol. The zero-order chi connectivity index (χ0) is 15.1. The summed E-state index contributed by atoms with van der Waals surface area (Å²) in [6.07, 6.45) is 2.30. The molecular weight excluding hydrogens is 276 g/mol. The molecule has 0 radical (unpaired) electrons. The van der Waals surface area contributed by atoms with Crippen LogP contribution in [0.5, 0.6) is 0 Å². The van der Waals surface area contributed by atoms with Crippen molar-refractivity contribution in [1.82, 2.24) is 5.32 Å². The molecule has 2 amide bonds. The first-order valence-corrected chi connectivity index (χ1v) is 7.70. The van der Waals surface area contributed by atoms with E-state index in [1.54, 1.807) is 11.8 Å². The summed E-state index contributed by atoms with van der Waals surface area (Å²) in [4.78, 5) is 22.9. The minimum Gasteiger partial charge on any atom is -0.480 e. The molecule has 0 spiro atoms. The number of carbonyl (C=O) groups is 2. The molecule has 1 aromatic rings. The van der Waals surface area contributed by atoms with Gasteiger partial charge in [-0.3, -0.25) is 0 Å². The van der Waals surface area contributed by atoms with Crippen molar-refractivity contribution in [1.29, 1.82) is 0 Å². The zero-order valence-corrected chi connectivity index (χ0v) is 12.7. The number of aryl methyl sites for hydroxylation is 2. The van der Waals surface area contributed by atoms with Crippen LogP contribution in [0.2, 0.25) is 0 Å². The highest BCUT2D eigenvalue weighted by molar-refractivity contribution is 7.98. The summed E-state index contributed by atoms with van der Waals surface area (Å²) < 4.78 is 0. The number of nitrogens with one attached hydrogen (secondary N) is 2. The third kappa shape index (κ3) is 5.13. The topological polar surface area (TPSA) is 78.4 Å². The number of benzene rings is 1. The number of thioether (sulfide) groups is 1. The first kappa shape index (κ1) is 16.4. The van der Waals surface area contributed by atoms with E-state index < -0.39 is 18.0 Å².